The zero-order chi connectivity index (χ0) is 15.6. The average molecular weight is 313 g/mol. The molecular formula is C15H18ClFN2O2. The van der Waals surface area contributed by atoms with Crippen LogP contribution >= 0.6 is 11.6 Å². The van der Waals surface area contributed by atoms with E-state index in [0.717, 1.165) is 6.42 Å². The Bertz CT molecular complexity index is 544. The molecule has 0 spiro atoms. The van der Waals surface area contributed by atoms with Gasteiger partial charge in [0.05, 0.1) is 10.7 Å². The molecule has 1 aliphatic rings. The molecule has 114 valence electrons. The van der Waals surface area contributed by atoms with Crippen molar-refractivity contribution in [1.29, 1.82) is 0 Å². The zero-order valence-corrected chi connectivity index (χ0v) is 12.8. The SMILES string of the molecule is CCCC1NC(=O)C(CC)N(c2c(F)cccc2Cl)C1=O. The molecule has 2 unspecified atom stereocenters. The van der Waals surface area contributed by atoms with E-state index in [9.17, 15) is 14.0 Å². The van der Waals surface area contributed by atoms with E-state index < -0.39 is 17.9 Å². The van der Waals surface area contributed by atoms with Crippen LogP contribution in [0.2, 0.25) is 5.02 Å². The number of amides is 2. The Kier molecular flexibility index (Phi) is 4.83. The Morgan fingerprint density at radius 2 is 2.05 bits per heavy atom. The highest BCUT2D eigenvalue weighted by Gasteiger charge is 2.41. The summed E-state index contributed by atoms with van der Waals surface area (Å²) in [5.41, 5.74) is -0.00744. The van der Waals surface area contributed by atoms with Crippen LogP contribution in [0.4, 0.5) is 10.1 Å². The van der Waals surface area contributed by atoms with Crippen molar-refractivity contribution >= 4 is 29.1 Å². The fourth-order valence-electron chi connectivity index (χ4n) is 2.61. The van der Waals surface area contributed by atoms with Crippen LogP contribution in [-0.4, -0.2) is 23.9 Å². The molecule has 4 nitrogen and oxygen atoms in total. The third kappa shape index (κ3) is 2.88. The van der Waals surface area contributed by atoms with E-state index in [1.54, 1.807) is 6.92 Å². The summed E-state index contributed by atoms with van der Waals surface area (Å²) < 4.78 is 14.1. The monoisotopic (exact) mass is 312 g/mol. The number of hydrogen-bond acceptors (Lipinski definition) is 2. The lowest BCUT2D eigenvalue weighted by molar-refractivity contribution is -0.134. The molecule has 1 saturated heterocycles. The van der Waals surface area contributed by atoms with Gasteiger partial charge >= 0.3 is 0 Å². The van der Waals surface area contributed by atoms with Crippen molar-refractivity contribution in [2.24, 2.45) is 0 Å². The maximum absolute atomic E-state index is 14.1. The molecular weight excluding hydrogens is 295 g/mol. The first kappa shape index (κ1) is 15.8. The summed E-state index contributed by atoms with van der Waals surface area (Å²) in [6.07, 6.45) is 1.65. The summed E-state index contributed by atoms with van der Waals surface area (Å²) in [5.74, 6) is -1.18. The molecule has 21 heavy (non-hydrogen) atoms. The minimum atomic E-state index is -0.736. The Hall–Kier alpha value is -1.62. The topological polar surface area (TPSA) is 49.4 Å². The van der Waals surface area contributed by atoms with Crippen LogP contribution in [-0.2, 0) is 9.59 Å². The second-order valence-corrected chi connectivity index (χ2v) is 5.46. The molecule has 2 atom stereocenters. The van der Waals surface area contributed by atoms with E-state index >= 15 is 0 Å². The minimum absolute atomic E-state index is 0.00744. The smallest absolute Gasteiger partial charge is 0.250 e. The van der Waals surface area contributed by atoms with E-state index in [-0.39, 0.29) is 22.5 Å². The second-order valence-electron chi connectivity index (χ2n) is 5.05. The number of halogens is 2. The van der Waals surface area contributed by atoms with E-state index in [0.29, 0.717) is 12.8 Å². The lowest BCUT2D eigenvalue weighted by Gasteiger charge is -2.39. The van der Waals surface area contributed by atoms with Crippen molar-refractivity contribution < 1.29 is 14.0 Å². The molecule has 1 N–H and O–H groups in total. The molecule has 1 heterocycles. The number of para-hydroxylation sites is 1. The summed E-state index contributed by atoms with van der Waals surface area (Å²) in [6.45, 7) is 3.70. The lowest BCUT2D eigenvalue weighted by Crippen LogP contribution is -2.63. The first-order valence-corrected chi connectivity index (χ1v) is 7.46. The summed E-state index contributed by atoms with van der Waals surface area (Å²) >= 11 is 6.06. The number of nitrogens with zero attached hydrogens (tertiary/aromatic N) is 1. The maximum Gasteiger partial charge on any atom is 0.250 e. The number of carbonyl (C=O) groups excluding carboxylic acids is 2. The first-order chi connectivity index (χ1) is 10.0. The van der Waals surface area contributed by atoms with Crippen molar-refractivity contribution in [3.05, 3.63) is 29.0 Å². The highest BCUT2D eigenvalue weighted by molar-refractivity contribution is 6.34. The van der Waals surface area contributed by atoms with Gasteiger partial charge in [-0.3, -0.25) is 14.5 Å². The van der Waals surface area contributed by atoms with Gasteiger partial charge in [0.15, 0.2) is 0 Å². The van der Waals surface area contributed by atoms with Crippen LogP contribution in [0.15, 0.2) is 18.2 Å². The van der Waals surface area contributed by atoms with Gasteiger partial charge in [0.25, 0.3) is 0 Å². The van der Waals surface area contributed by atoms with Crippen LogP contribution in [0.1, 0.15) is 33.1 Å². The molecule has 1 aromatic rings. The van der Waals surface area contributed by atoms with Crippen molar-refractivity contribution in [2.75, 3.05) is 4.90 Å². The van der Waals surface area contributed by atoms with Gasteiger partial charge in [0, 0.05) is 0 Å². The third-order valence-electron chi connectivity index (χ3n) is 3.61. The molecule has 0 saturated carbocycles. The molecule has 0 bridgehead atoms. The van der Waals surface area contributed by atoms with E-state index in [1.165, 1.54) is 23.1 Å². The number of anilines is 1. The van der Waals surface area contributed by atoms with Crippen LogP contribution in [0.5, 0.6) is 0 Å². The van der Waals surface area contributed by atoms with Crippen molar-refractivity contribution in [3.63, 3.8) is 0 Å². The fraction of sp³-hybridized carbons (Fsp3) is 0.467. The minimum Gasteiger partial charge on any atom is -0.342 e. The number of nitrogens with one attached hydrogen (secondary N) is 1. The molecule has 2 amide bonds. The Morgan fingerprint density at radius 3 is 2.62 bits per heavy atom. The summed E-state index contributed by atoms with van der Waals surface area (Å²) in [5, 5.41) is 2.84. The van der Waals surface area contributed by atoms with Crippen molar-refractivity contribution in [1.82, 2.24) is 5.32 Å². The number of carbonyl (C=O) groups is 2. The second kappa shape index (κ2) is 6.43. The number of hydrogen-bond donors (Lipinski definition) is 1. The largest absolute Gasteiger partial charge is 0.342 e. The standard InChI is InChI=1S/C15H18ClFN2O2/c1-3-6-11-15(21)19(12(4-2)14(20)18-11)13-9(16)7-5-8-10(13)17/h5,7-8,11-12H,3-4,6H2,1-2H3,(H,18,20). The highest BCUT2D eigenvalue weighted by Crippen LogP contribution is 2.33. The average Bonchev–Trinajstić information content (AvgIpc) is 2.44. The predicted molar refractivity (Wildman–Crippen MR) is 79.8 cm³/mol. The van der Waals surface area contributed by atoms with Gasteiger partial charge in [-0.2, -0.15) is 0 Å². The van der Waals surface area contributed by atoms with Crippen molar-refractivity contribution in [3.8, 4) is 0 Å². The molecule has 0 radical (unpaired) electrons. The van der Waals surface area contributed by atoms with Crippen LogP contribution in [0.3, 0.4) is 0 Å². The molecule has 1 aliphatic heterocycles. The van der Waals surface area contributed by atoms with Gasteiger partial charge in [-0.25, -0.2) is 4.39 Å². The van der Waals surface area contributed by atoms with E-state index in [1.807, 2.05) is 6.92 Å². The molecule has 0 aromatic heterocycles. The van der Waals surface area contributed by atoms with Crippen LogP contribution < -0.4 is 10.2 Å². The normalized spacial score (nSPS) is 22.4. The predicted octanol–water partition coefficient (Wildman–Crippen LogP) is 2.89. The van der Waals surface area contributed by atoms with Gasteiger partial charge in [-0.15, -0.1) is 0 Å². The van der Waals surface area contributed by atoms with Gasteiger partial charge in [-0.05, 0) is 25.0 Å². The number of benzene rings is 1. The first-order valence-electron chi connectivity index (χ1n) is 7.08. The lowest BCUT2D eigenvalue weighted by atomic mass is 10.0. The van der Waals surface area contributed by atoms with Gasteiger partial charge in [0.2, 0.25) is 11.8 Å². The Labute approximate surface area is 128 Å². The van der Waals surface area contributed by atoms with Crippen LogP contribution in [0.25, 0.3) is 0 Å². The quantitative estimate of drug-likeness (QED) is 0.929. The summed E-state index contributed by atoms with van der Waals surface area (Å²) in [4.78, 5) is 26.0. The van der Waals surface area contributed by atoms with Gasteiger partial charge in [0.1, 0.15) is 17.9 Å². The van der Waals surface area contributed by atoms with Crippen molar-refractivity contribution in [2.45, 2.75) is 45.2 Å². The summed E-state index contributed by atoms with van der Waals surface area (Å²) in [6, 6.07) is 2.87. The zero-order valence-electron chi connectivity index (χ0n) is 12.0. The third-order valence-corrected chi connectivity index (χ3v) is 3.91. The van der Waals surface area contributed by atoms with Crippen LogP contribution in [0, 0.1) is 5.82 Å². The number of piperazine rings is 1. The fourth-order valence-corrected chi connectivity index (χ4v) is 2.86. The van der Waals surface area contributed by atoms with E-state index in [2.05, 4.69) is 5.32 Å². The molecule has 1 fully saturated rings. The Balaban J connectivity index is 2.49. The summed E-state index contributed by atoms with van der Waals surface area (Å²) in [7, 11) is 0. The molecule has 6 heteroatoms. The van der Waals surface area contributed by atoms with E-state index in [4.69, 9.17) is 11.6 Å². The van der Waals surface area contributed by atoms with Gasteiger partial charge < -0.3 is 5.32 Å². The highest BCUT2D eigenvalue weighted by atomic mass is 35.5. The molecule has 2 rings (SSSR count). The Morgan fingerprint density at radius 1 is 1.33 bits per heavy atom. The molecule has 0 aliphatic carbocycles. The van der Waals surface area contributed by atoms with Gasteiger partial charge in [-0.1, -0.05) is 37.9 Å². The number of rotatable bonds is 4. The maximum atomic E-state index is 14.1. The molecule has 1 aromatic carbocycles.